The lowest BCUT2D eigenvalue weighted by molar-refractivity contribution is 0.0724. The van der Waals surface area contributed by atoms with Crippen LogP contribution >= 0.6 is 0 Å². The van der Waals surface area contributed by atoms with E-state index < -0.39 is 5.69 Å². The lowest BCUT2D eigenvalue weighted by atomic mass is 10.0. The maximum absolute atomic E-state index is 12.7. The number of likely N-dealkylation sites (tertiary alicyclic amines) is 1. The first-order chi connectivity index (χ1) is 16.1. The van der Waals surface area contributed by atoms with Crippen LogP contribution in [0.1, 0.15) is 29.6 Å². The van der Waals surface area contributed by atoms with E-state index in [1.165, 1.54) is 12.6 Å². The molecular formula is C25H23N5O3. The van der Waals surface area contributed by atoms with Crippen molar-refractivity contribution < 1.29 is 10.0 Å². The molecule has 2 N–H and O–H groups in total. The van der Waals surface area contributed by atoms with Gasteiger partial charge in [-0.15, -0.1) is 4.73 Å². The highest BCUT2D eigenvalue weighted by molar-refractivity contribution is 5.95. The monoisotopic (exact) mass is 441 g/mol. The van der Waals surface area contributed by atoms with E-state index in [0.29, 0.717) is 21.5 Å². The van der Waals surface area contributed by atoms with Crippen LogP contribution < -0.4 is 11.0 Å². The Kier molecular flexibility index (Phi) is 5.48. The third-order valence-electron chi connectivity index (χ3n) is 5.89. The van der Waals surface area contributed by atoms with Gasteiger partial charge in [-0.25, -0.2) is 9.78 Å². The number of benzene rings is 2. The molecule has 0 unspecified atom stereocenters. The van der Waals surface area contributed by atoms with Crippen molar-refractivity contribution in [3.05, 3.63) is 82.9 Å². The number of carbonyl (C=O) groups excluding carboxylic acids is 1. The maximum atomic E-state index is 12.7. The predicted octanol–water partition coefficient (Wildman–Crippen LogP) is 4.07. The molecule has 0 atom stereocenters. The number of aromatic nitrogens is 3. The number of rotatable bonds is 4. The molecule has 1 saturated heterocycles. The summed E-state index contributed by atoms with van der Waals surface area (Å²) >= 11 is 0. The summed E-state index contributed by atoms with van der Waals surface area (Å²) in [5, 5.41) is 13.5. The van der Waals surface area contributed by atoms with E-state index in [4.69, 9.17) is 0 Å². The smallest absolute Gasteiger partial charge is 0.384 e. The van der Waals surface area contributed by atoms with Gasteiger partial charge >= 0.3 is 5.69 Å². The highest BCUT2D eigenvalue weighted by Gasteiger charge is 2.18. The zero-order valence-corrected chi connectivity index (χ0v) is 17.9. The van der Waals surface area contributed by atoms with Gasteiger partial charge in [0, 0.05) is 30.5 Å². The van der Waals surface area contributed by atoms with Gasteiger partial charge in [-0.1, -0.05) is 24.3 Å². The Balaban J connectivity index is 1.34. The van der Waals surface area contributed by atoms with Crippen LogP contribution in [0.25, 0.3) is 22.2 Å². The van der Waals surface area contributed by atoms with Crippen molar-refractivity contribution in [2.24, 2.45) is 0 Å². The number of hydrogen-bond acceptors (Lipinski definition) is 6. The first-order valence-electron chi connectivity index (χ1n) is 10.9. The van der Waals surface area contributed by atoms with Crippen LogP contribution in [0, 0.1) is 0 Å². The van der Waals surface area contributed by atoms with E-state index in [1.807, 2.05) is 53.4 Å². The van der Waals surface area contributed by atoms with Gasteiger partial charge in [0.25, 0.3) is 5.91 Å². The molecule has 8 nitrogen and oxygen atoms in total. The molecule has 0 saturated carbocycles. The van der Waals surface area contributed by atoms with Crippen LogP contribution in [0.5, 0.6) is 0 Å². The van der Waals surface area contributed by atoms with Gasteiger partial charge in [0.1, 0.15) is 5.82 Å². The number of carbonyl (C=O) groups is 1. The number of fused-ring (bicyclic) bond motifs is 1. The normalized spacial score (nSPS) is 13.8. The molecular weight excluding hydrogens is 418 g/mol. The van der Waals surface area contributed by atoms with E-state index in [0.717, 1.165) is 42.7 Å². The summed E-state index contributed by atoms with van der Waals surface area (Å²) in [4.78, 5) is 34.5. The summed E-state index contributed by atoms with van der Waals surface area (Å²) in [7, 11) is 0. The molecule has 4 aromatic rings. The molecule has 8 heteroatoms. The SMILES string of the molecule is O=C(c1ccc(-c2ccc(Nc3nc(=O)n(O)c4ncccc34)cc2)cc1)N1CCCCC1. The van der Waals surface area contributed by atoms with Crippen LogP contribution in [0.15, 0.2) is 71.7 Å². The van der Waals surface area contributed by atoms with Gasteiger partial charge in [-0.2, -0.15) is 4.98 Å². The van der Waals surface area contributed by atoms with Crippen molar-refractivity contribution in [3.8, 4) is 11.1 Å². The topological polar surface area (TPSA) is 100 Å². The maximum Gasteiger partial charge on any atom is 0.384 e. The zero-order chi connectivity index (χ0) is 22.8. The van der Waals surface area contributed by atoms with Gasteiger partial charge in [0.15, 0.2) is 5.65 Å². The highest BCUT2D eigenvalue weighted by Crippen LogP contribution is 2.26. The summed E-state index contributed by atoms with van der Waals surface area (Å²) in [5.74, 6) is 0.418. The van der Waals surface area contributed by atoms with Gasteiger partial charge in [-0.3, -0.25) is 4.79 Å². The number of anilines is 2. The van der Waals surface area contributed by atoms with Gasteiger partial charge < -0.3 is 15.4 Å². The third-order valence-corrected chi connectivity index (χ3v) is 5.89. The van der Waals surface area contributed by atoms with Crippen LogP contribution in [-0.2, 0) is 0 Å². The molecule has 0 spiro atoms. The average Bonchev–Trinajstić information content (AvgIpc) is 2.88. The van der Waals surface area contributed by atoms with Crippen LogP contribution in [-0.4, -0.2) is 43.8 Å². The van der Waals surface area contributed by atoms with Crippen LogP contribution in [0.3, 0.4) is 0 Å². The molecule has 1 amide bonds. The fourth-order valence-corrected chi connectivity index (χ4v) is 4.11. The summed E-state index contributed by atoms with van der Waals surface area (Å²) < 4.78 is 0.434. The van der Waals surface area contributed by atoms with Gasteiger partial charge in [0.05, 0.1) is 5.39 Å². The summed E-state index contributed by atoms with van der Waals surface area (Å²) in [6.45, 7) is 1.67. The van der Waals surface area contributed by atoms with Crippen LogP contribution in [0.4, 0.5) is 11.5 Å². The molecule has 3 heterocycles. The molecule has 2 aromatic carbocycles. The Labute approximate surface area is 190 Å². The Morgan fingerprint density at radius 3 is 2.27 bits per heavy atom. The molecule has 0 aliphatic carbocycles. The van der Waals surface area contributed by atoms with Crippen molar-refractivity contribution in [1.82, 2.24) is 19.6 Å². The zero-order valence-electron chi connectivity index (χ0n) is 17.9. The first-order valence-corrected chi connectivity index (χ1v) is 10.9. The number of hydrogen-bond donors (Lipinski definition) is 2. The first kappa shape index (κ1) is 20.7. The van der Waals surface area contributed by atoms with E-state index in [1.54, 1.807) is 12.1 Å². The second-order valence-electron chi connectivity index (χ2n) is 8.06. The predicted molar refractivity (Wildman–Crippen MR) is 126 cm³/mol. The van der Waals surface area contributed by atoms with E-state index in [-0.39, 0.29) is 11.6 Å². The molecule has 1 aliphatic rings. The van der Waals surface area contributed by atoms with Crippen molar-refractivity contribution in [2.75, 3.05) is 18.4 Å². The fourth-order valence-electron chi connectivity index (χ4n) is 4.11. The fraction of sp³-hybridized carbons (Fsp3) is 0.200. The molecule has 33 heavy (non-hydrogen) atoms. The quantitative estimate of drug-likeness (QED) is 0.463. The Hall–Kier alpha value is -4.20. The molecule has 1 aliphatic heterocycles. The third kappa shape index (κ3) is 4.15. The lowest BCUT2D eigenvalue weighted by Crippen LogP contribution is -2.35. The second kappa shape index (κ2) is 8.74. The van der Waals surface area contributed by atoms with Gasteiger partial charge in [-0.05, 0) is 66.8 Å². The molecule has 2 aromatic heterocycles. The second-order valence-corrected chi connectivity index (χ2v) is 8.06. The minimum Gasteiger partial charge on any atom is -0.422 e. The number of nitrogens with zero attached hydrogens (tertiary/aromatic N) is 4. The standard InChI is InChI=1S/C25H23N5O3/c31-24(29-15-2-1-3-16-29)19-8-6-17(7-9-19)18-10-12-20(13-11-18)27-22-21-5-4-14-26-23(21)30(33)25(32)28-22/h4-14,33H,1-3,15-16H2,(H,27,28,32). The molecule has 5 rings (SSSR count). The van der Waals surface area contributed by atoms with Gasteiger partial charge in [0.2, 0.25) is 0 Å². The summed E-state index contributed by atoms with van der Waals surface area (Å²) in [5.41, 5.74) is 2.79. The highest BCUT2D eigenvalue weighted by atomic mass is 16.5. The van der Waals surface area contributed by atoms with Crippen LogP contribution in [0.2, 0.25) is 0 Å². The van der Waals surface area contributed by atoms with Crippen molar-refractivity contribution in [1.29, 1.82) is 0 Å². The minimum atomic E-state index is -0.806. The largest absolute Gasteiger partial charge is 0.422 e. The van der Waals surface area contributed by atoms with Crippen molar-refractivity contribution in [2.45, 2.75) is 19.3 Å². The number of pyridine rings is 1. The Morgan fingerprint density at radius 2 is 1.58 bits per heavy atom. The molecule has 1 fully saturated rings. The summed E-state index contributed by atoms with van der Waals surface area (Å²) in [6.07, 6.45) is 4.84. The Bertz CT molecular complexity index is 1360. The average molecular weight is 441 g/mol. The number of nitrogens with one attached hydrogen (secondary N) is 1. The molecule has 0 bridgehead atoms. The van der Waals surface area contributed by atoms with E-state index in [9.17, 15) is 14.8 Å². The van der Waals surface area contributed by atoms with E-state index in [2.05, 4.69) is 15.3 Å². The summed E-state index contributed by atoms with van der Waals surface area (Å²) in [6, 6.07) is 18.8. The lowest BCUT2D eigenvalue weighted by Gasteiger charge is -2.26. The minimum absolute atomic E-state index is 0.0971. The Morgan fingerprint density at radius 1 is 0.909 bits per heavy atom. The molecule has 0 radical (unpaired) electrons. The van der Waals surface area contributed by atoms with Crippen molar-refractivity contribution >= 4 is 28.4 Å². The molecule has 166 valence electrons. The number of piperidine rings is 1. The van der Waals surface area contributed by atoms with E-state index >= 15 is 0 Å². The number of amides is 1. The van der Waals surface area contributed by atoms with Crippen molar-refractivity contribution in [3.63, 3.8) is 0 Å².